The summed E-state index contributed by atoms with van der Waals surface area (Å²) in [6.07, 6.45) is 0. The lowest BCUT2D eigenvalue weighted by molar-refractivity contribution is 0.628. The first-order valence-corrected chi connectivity index (χ1v) is 8.38. The Morgan fingerprint density at radius 3 is 2.30 bits per heavy atom. The van der Waals surface area contributed by atoms with Gasteiger partial charge >= 0.3 is 0 Å². The first-order valence-electron chi connectivity index (χ1n) is 7.56. The molecule has 0 unspecified atom stereocenters. The summed E-state index contributed by atoms with van der Waals surface area (Å²) in [5.74, 6) is 1.35. The Hall–Kier alpha value is -2.01. The van der Waals surface area contributed by atoms with E-state index >= 15 is 0 Å². The molecule has 23 heavy (non-hydrogen) atoms. The molecule has 0 aliphatic heterocycles. The van der Waals surface area contributed by atoms with Gasteiger partial charge in [-0.2, -0.15) is 0 Å². The van der Waals surface area contributed by atoms with Crippen molar-refractivity contribution in [1.29, 1.82) is 0 Å². The summed E-state index contributed by atoms with van der Waals surface area (Å²) in [4.78, 5) is 11.3. The van der Waals surface area contributed by atoms with Gasteiger partial charge in [-0.05, 0) is 52.3 Å². The van der Waals surface area contributed by atoms with Crippen LogP contribution in [0.5, 0.6) is 0 Å². The normalized spacial score (nSPS) is 11.9. The number of benzene rings is 1. The molecule has 0 radical (unpaired) electrons. The Kier molecular flexibility index (Phi) is 3.84. The molecule has 0 bridgehead atoms. The molecule has 120 valence electrons. The van der Waals surface area contributed by atoms with E-state index < -0.39 is 0 Å². The van der Waals surface area contributed by atoms with E-state index in [2.05, 4.69) is 43.0 Å². The molecule has 3 nitrogen and oxygen atoms in total. The molecular weight excluding hydrogens is 309 g/mol. The lowest BCUT2D eigenvalue weighted by Gasteiger charge is -2.22. The second kappa shape index (κ2) is 5.57. The van der Waals surface area contributed by atoms with Crippen molar-refractivity contribution in [3.05, 3.63) is 40.8 Å². The van der Waals surface area contributed by atoms with Crippen LogP contribution in [0.25, 0.3) is 21.3 Å². The minimum atomic E-state index is -0.230. The Morgan fingerprint density at radius 2 is 1.70 bits per heavy atom. The maximum absolute atomic E-state index is 13.3. The van der Waals surface area contributed by atoms with Crippen LogP contribution in [0.1, 0.15) is 31.5 Å². The first-order chi connectivity index (χ1) is 10.7. The molecule has 2 heterocycles. The monoisotopic (exact) mass is 329 g/mol. The van der Waals surface area contributed by atoms with Crippen LogP contribution in [0.15, 0.2) is 24.3 Å². The number of halogens is 1. The van der Waals surface area contributed by atoms with Gasteiger partial charge in [0.25, 0.3) is 0 Å². The van der Waals surface area contributed by atoms with E-state index in [1.54, 1.807) is 11.3 Å². The van der Waals surface area contributed by atoms with Crippen LogP contribution in [0.2, 0.25) is 0 Å². The molecule has 0 aliphatic carbocycles. The van der Waals surface area contributed by atoms with Crippen LogP contribution in [-0.4, -0.2) is 15.5 Å². The fraction of sp³-hybridized carbons (Fsp3) is 0.333. The number of nitrogens with zero attached hydrogens (tertiary/aromatic N) is 2. The molecule has 3 aromatic rings. The molecule has 5 heteroatoms. The molecule has 0 aliphatic rings. The van der Waals surface area contributed by atoms with Gasteiger partial charge in [0.2, 0.25) is 0 Å². The Balaban J connectivity index is 2.29. The maximum atomic E-state index is 13.3. The van der Waals surface area contributed by atoms with Gasteiger partial charge < -0.3 is 5.32 Å². The van der Waals surface area contributed by atoms with Gasteiger partial charge in [-0.25, -0.2) is 14.4 Å². The maximum Gasteiger partial charge on any atom is 0.139 e. The van der Waals surface area contributed by atoms with Crippen LogP contribution in [-0.2, 0) is 0 Å². The van der Waals surface area contributed by atoms with Crippen LogP contribution in [0.3, 0.4) is 0 Å². The third kappa shape index (κ3) is 3.20. The lowest BCUT2D eigenvalue weighted by Crippen LogP contribution is -2.27. The SMILES string of the molecule is Cc1nc(NC(C)(C)C)c2c(-c3ccc(F)cc3)c(C)sc2n1. The van der Waals surface area contributed by atoms with Crippen LogP contribution < -0.4 is 5.32 Å². The van der Waals surface area contributed by atoms with Gasteiger partial charge in [0.1, 0.15) is 22.3 Å². The van der Waals surface area contributed by atoms with Crippen molar-refractivity contribution in [1.82, 2.24) is 9.97 Å². The number of thiophene rings is 1. The van der Waals surface area contributed by atoms with Crippen molar-refractivity contribution < 1.29 is 4.39 Å². The van der Waals surface area contributed by atoms with Crippen molar-refractivity contribution in [3.63, 3.8) is 0 Å². The molecular formula is C18H20FN3S. The number of hydrogen-bond acceptors (Lipinski definition) is 4. The number of rotatable bonds is 2. The predicted molar refractivity (Wildman–Crippen MR) is 95.7 cm³/mol. The third-order valence-electron chi connectivity index (χ3n) is 3.47. The highest BCUT2D eigenvalue weighted by molar-refractivity contribution is 7.19. The van der Waals surface area contributed by atoms with Crippen molar-refractivity contribution in [2.24, 2.45) is 0 Å². The smallest absolute Gasteiger partial charge is 0.139 e. The summed E-state index contributed by atoms with van der Waals surface area (Å²) in [5, 5.41) is 4.49. The number of aryl methyl sites for hydroxylation is 2. The summed E-state index contributed by atoms with van der Waals surface area (Å²) < 4.78 is 13.3. The lowest BCUT2D eigenvalue weighted by atomic mass is 10.0. The molecule has 0 saturated carbocycles. The van der Waals surface area contributed by atoms with Gasteiger partial charge in [-0.1, -0.05) is 12.1 Å². The average Bonchev–Trinajstić information content (AvgIpc) is 2.74. The highest BCUT2D eigenvalue weighted by Gasteiger charge is 2.20. The second-order valence-corrected chi connectivity index (χ2v) is 7.92. The van der Waals surface area contributed by atoms with Crippen LogP contribution in [0.4, 0.5) is 10.2 Å². The molecule has 0 amide bonds. The van der Waals surface area contributed by atoms with Crippen molar-refractivity contribution in [2.75, 3.05) is 5.32 Å². The number of hydrogen-bond donors (Lipinski definition) is 1. The number of fused-ring (bicyclic) bond motifs is 1. The predicted octanol–water partition coefficient (Wildman–Crippen LogP) is 5.32. The minimum Gasteiger partial charge on any atom is -0.365 e. The number of aromatic nitrogens is 2. The zero-order valence-electron chi connectivity index (χ0n) is 14.0. The van der Waals surface area contributed by atoms with E-state index in [0.717, 1.165) is 37.9 Å². The summed E-state index contributed by atoms with van der Waals surface area (Å²) in [6, 6.07) is 6.60. The molecule has 0 fully saturated rings. The average molecular weight is 329 g/mol. The van der Waals surface area contributed by atoms with Gasteiger partial charge in [-0.3, -0.25) is 0 Å². The molecule has 0 spiro atoms. The fourth-order valence-electron chi connectivity index (χ4n) is 2.63. The van der Waals surface area contributed by atoms with Crippen LogP contribution >= 0.6 is 11.3 Å². The Morgan fingerprint density at radius 1 is 1.04 bits per heavy atom. The van der Waals surface area contributed by atoms with Gasteiger partial charge in [0.05, 0.1) is 5.39 Å². The summed E-state index contributed by atoms with van der Waals surface area (Å²) in [5.41, 5.74) is 1.96. The number of nitrogens with one attached hydrogen (secondary N) is 1. The summed E-state index contributed by atoms with van der Waals surface area (Å²) in [7, 11) is 0. The van der Waals surface area contributed by atoms with E-state index in [9.17, 15) is 4.39 Å². The fourth-order valence-corrected chi connectivity index (χ4v) is 3.72. The van der Waals surface area contributed by atoms with Gasteiger partial charge in [0, 0.05) is 16.0 Å². The van der Waals surface area contributed by atoms with Gasteiger partial charge in [0.15, 0.2) is 0 Å². The highest BCUT2D eigenvalue weighted by Crippen LogP contribution is 2.41. The standard InChI is InChI=1S/C18H20FN3S/c1-10-14(12-6-8-13(19)9-7-12)15-16(22-18(3,4)5)20-11(2)21-17(15)23-10/h6-9H,1-5H3,(H,20,21,22). The van der Waals surface area contributed by atoms with E-state index in [4.69, 9.17) is 0 Å². The van der Waals surface area contributed by atoms with E-state index in [1.807, 2.05) is 19.1 Å². The van der Waals surface area contributed by atoms with E-state index in [-0.39, 0.29) is 11.4 Å². The quantitative estimate of drug-likeness (QED) is 0.691. The molecule has 3 rings (SSSR count). The van der Waals surface area contributed by atoms with Crippen molar-refractivity contribution in [2.45, 2.75) is 40.2 Å². The van der Waals surface area contributed by atoms with Crippen molar-refractivity contribution in [3.8, 4) is 11.1 Å². The molecule has 0 atom stereocenters. The molecule has 2 aromatic heterocycles. The molecule has 1 aromatic carbocycles. The molecule has 0 saturated heterocycles. The highest BCUT2D eigenvalue weighted by atomic mass is 32.1. The number of anilines is 1. The summed E-state index contributed by atoms with van der Waals surface area (Å²) >= 11 is 1.65. The molecule has 1 N–H and O–H groups in total. The summed E-state index contributed by atoms with van der Waals surface area (Å²) in [6.45, 7) is 10.3. The Labute approximate surface area is 139 Å². The third-order valence-corrected chi connectivity index (χ3v) is 4.46. The minimum absolute atomic E-state index is 0.108. The zero-order chi connectivity index (χ0) is 16.8. The first kappa shape index (κ1) is 15.9. The van der Waals surface area contributed by atoms with E-state index in [1.165, 1.54) is 12.1 Å². The second-order valence-electron chi connectivity index (χ2n) is 6.71. The van der Waals surface area contributed by atoms with Crippen molar-refractivity contribution >= 4 is 27.4 Å². The zero-order valence-corrected chi connectivity index (χ0v) is 14.8. The topological polar surface area (TPSA) is 37.8 Å². The van der Waals surface area contributed by atoms with Gasteiger partial charge in [-0.15, -0.1) is 11.3 Å². The van der Waals surface area contributed by atoms with Crippen LogP contribution in [0, 0.1) is 19.7 Å². The van der Waals surface area contributed by atoms with E-state index in [0.29, 0.717) is 0 Å². The largest absolute Gasteiger partial charge is 0.365 e. The Bertz CT molecular complexity index is 861.